The predicted molar refractivity (Wildman–Crippen MR) is 82.5 cm³/mol. The summed E-state index contributed by atoms with van der Waals surface area (Å²) >= 11 is 0. The van der Waals surface area contributed by atoms with Crippen LogP contribution in [0.15, 0.2) is 48.7 Å². The van der Waals surface area contributed by atoms with E-state index in [1.807, 2.05) is 0 Å². The largest absolute Gasteiger partial charge is 0.322 e. The first-order chi connectivity index (χ1) is 11.0. The van der Waals surface area contributed by atoms with Gasteiger partial charge in [0.05, 0.1) is 11.1 Å². The molecule has 0 spiro atoms. The fourth-order valence-corrected chi connectivity index (χ4v) is 2.41. The number of fused-ring (bicyclic) bond motifs is 1. The van der Waals surface area contributed by atoms with Gasteiger partial charge in [-0.15, -0.1) is 0 Å². The third-order valence-corrected chi connectivity index (χ3v) is 3.43. The highest BCUT2D eigenvalue weighted by molar-refractivity contribution is 6.14. The van der Waals surface area contributed by atoms with Crippen LogP contribution in [0, 0.1) is 11.6 Å². The van der Waals surface area contributed by atoms with E-state index in [0.29, 0.717) is 16.6 Å². The van der Waals surface area contributed by atoms with Crippen molar-refractivity contribution in [1.82, 2.24) is 4.57 Å². The maximum absolute atomic E-state index is 13.4. The molecular formula is C17H12F2N2O2. The normalized spacial score (nSPS) is 10.7. The highest BCUT2D eigenvalue weighted by atomic mass is 19.1. The number of nitrogens with one attached hydrogen (secondary N) is 1. The van der Waals surface area contributed by atoms with Crippen LogP contribution in [-0.4, -0.2) is 16.4 Å². The van der Waals surface area contributed by atoms with E-state index in [4.69, 9.17) is 0 Å². The standard InChI is InChI=1S/C17H12F2N2O2/c1-10(22)21-9-15(14-6-5-12(19)8-16(14)21)17(23)20-13-4-2-3-11(18)7-13/h2-9H,1H3,(H,20,23). The first-order valence-electron chi connectivity index (χ1n) is 6.84. The quantitative estimate of drug-likeness (QED) is 0.781. The van der Waals surface area contributed by atoms with Crippen molar-refractivity contribution >= 4 is 28.4 Å². The van der Waals surface area contributed by atoms with Crippen molar-refractivity contribution in [2.45, 2.75) is 6.92 Å². The molecule has 2 aromatic carbocycles. The summed E-state index contributed by atoms with van der Waals surface area (Å²) in [5, 5.41) is 3.00. The third kappa shape index (κ3) is 2.83. The van der Waals surface area contributed by atoms with E-state index in [1.165, 1.54) is 54.1 Å². The van der Waals surface area contributed by atoms with Crippen LogP contribution in [0.5, 0.6) is 0 Å². The number of aromatic nitrogens is 1. The van der Waals surface area contributed by atoms with Gasteiger partial charge in [0.1, 0.15) is 11.6 Å². The number of rotatable bonds is 2. The minimum absolute atomic E-state index is 0.208. The Balaban J connectivity index is 2.05. The second kappa shape index (κ2) is 5.64. The van der Waals surface area contributed by atoms with Crippen molar-refractivity contribution in [3.63, 3.8) is 0 Å². The molecule has 1 amide bonds. The van der Waals surface area contributed by atoms with Crippen molar-refractivity contribution in [2.75, 3.05) is 5.32 Å². The second-order valence-corrected chi connectivity index (χ2v) is 5.06. The van der Waals surface area contributed by atoms with Gasteiger partial charge in [-0.05, 0) is 36.4 Å². The van der Waals surface area contributed by atoms with Gasteiger partial charge in [0.15, 0.2) is 0 Å². The van der Waals surface area contributed by atoms with Crippen molar-refractivity contribution in [1.29, 1.82) is 0 Å². The van der Waals surface area contributed by atoms with Gasteiger partial charge in [-0.2, -0.15) is 0 Å². The molecule has 0 atom stereocenters. The van der Waals surface area contributed by atoms with Crippen LogP contribution in [0.25, 0.3) is 10.9 Å². The summed E-state index contributed by atoms with van der Waals surface area (Å²) in [6.07, 6.45) is 1.35. The minimum Gasteiger partial charge on any atom is -0.322 e. The number of hydrogen-bond donors (Lipinski definition) is 1. The van der Waals surface area contributed by atoms with E-state index in [9.17, 15) is 18.4 Å². The van der Waals surface area contributed by atoms with Gasteiger partial charge in [0.25, 0.3) is 5.91 Å². The van der Waals surface area contributed by atoms with Gasteiger partial charge < -0.3 is 5.32 Å². The maximum Gasteiger partial charge on any atom is 0.257 e. The average Bonchev–Trinajstić information content (AvgIpc) is 2.86. The zero-order chi connectivity index (χ0) is 16.6. The van der Waals surface area contributed by atoms with Gasteiger partial charge >= 0.3 is 0 Å². The molecule has 1 heterocycles. The summed E-state index contributed by atoms with van der Waals surface area (Å²) in [5.41, 5.74) is 0.808. The lowest BCUT2D eigenvalue weighted by Gasteiger charge is -2.04. The topological polar surface area (TPSA) is 51.1 Å². The first kappa shape index (κ1) is 14.9. The maximum atomic E-state index is 13.4. The molecule has 6 heteroatoms. The molecule has 0 radical (unpaired) electrons. The number of benzene rings is 2. The highest BCUT2D eigenvalue weighted by Crippen LogP contribution is 2.24. The van der Waals surface area contributed by atoms with Gasteiger partial charge in [-0.1, -0.05) is 6.07 Å². The molecule has 23 heavy (non-hydrogen) atoms. The lowest BCUT2D eigenvalue weighted by atomic mass is 10.1. The molecule has 3 rings (SSSR count). The van der Waals surface area contributed by atoms with Crippen LogP contribution in [0.4, 0.5) is 14.5 Å². The molecule has 116 valence electrons. The fraction of sp³-hybridized carbons (Fsp3) is 0.0588. The molecule has 1 aromatic heterocycles. The number of hydrogen-bond acceptors (Lipinski definition) is 2. The summed E-state index contributed by atoms with van der Waals surface area (Å²) < 4.78 is 27.8. The Morgan fingerprint density at radius 3 is 2.48 bits per heavy atom. The van der Waals surface area contributed by atoms with Crippen molar-refractivity contribution < 1.29 is 18.4 Å². The molecule has 0 aliphatic heterocycles. The molecule has 0 saturated carbocycles. The number of amides is 1. The smallest absolute Gasteiger partial charge is 0.257 e. The number of nitrogens with zero attached hydrogens (tertiary/aromatic N) is 1. The van der Waals surface area contributed by atoms with Crippen LogP contribution >= 0.6 is 0 Å². The van der Waals surface area contributed by atoms with Crippen molar-refractivity contribution in [3.05, 3.63) is 65.9 Å². The fourth-order valence-electron chi connectivity index (χ4n) is 2.41. The molecule has 1 N–H and O–H groups in total. The molecule has 0 aliphatic rings. The Hall–Kier alpha value is -3.02. The predicted octanol–water partition coefficient (Wildman–Crippen LogP) is 3.83. The van der Waals surface area contributed by atoms with E-state index in [2.05, 4.69) is 5.32 Å². The number of anilines is 1. The van der Waals surface area contributed by atoms with Gasteiger partial charge in [-0.25, -0.2) is 8.78 Å². The SMILES string of the molecule is CC(=O)n1cc(C(=O)Nc2cccc(F)c2)c2ccc(F)cc21. The zero-order valence-electron chi connectivity index (χ0n) is 12.1. The Labute approximate surface area is 130 Å². The van der Waals surface area contributed by atoms with Crippen LogP contribution in [0.1, 0.15) is 22.1 Å². The monoisotopic (exact) mass is 314 g/mol. The Morgan fingerprint density at radius 1 is 1.04 bits per heavy atom. The molecule has 3 aromatic rings. The number of carbonyl (C=O) groups is 2. The average molecular weight is 314 g/mol. The first-order valence-corrected chi connectivity index (χ1v) is 6.84. The van der Waals surface area contributed by atoms with Crippen LogP contribution < -0.4 is 5.32 Å². The van der Waals surface area contributed by atoms with Crippen LogP contribution in [-0.2, 0) is 0 Å². The lowest BCUT2D eigenvalue weighted by molar-refractivity contribution is 0.0941. The van der Waals surface area contributed by atoms with Gasteiger partial charge in [-0.3, -0.25) is 14.2 Å². The van der Waals surface area contributed by atoms with E-state index in [-0.39, 0.29) is 11.5 Å². The van der Waals surface area contributed by atoms with E-state index in [0.717, 1.165) is 0 Å². The van der Waals surface area contributed by atoms with Gasteiger partial charge in [0, 0.05) is 24.2 Å². The van der Waals surface area contributed by atoms with Crippen LogP contribution in [0.3, 0.4) is 0 Å². The molecule has 0 fully saturated rings. The number of halogens is 2. The highest BCUT2D eigenvalue weighted by Gasteiger charge is 2.17. The summed E-state index contributed by atoms with van der Waals surface area (Å²) in [7, 11) is 0. The Morgan fingerprint density at radius 2 is 1.78 bits per heavy atom. The molecule has 0 bridgehead atoms. The van der Waals surface area contributed by atoms with Crippen molar-refractivity contribution in [2.24, 2.45) is 0 Å². The Kier molecular flexibility index (Phi) is 3.65. The molecular weight excluding hydrogens is 302 g/mol. The second-order valence-electron chi connectivity index (χ2n) is 5.06. The van der Waals surface area contributed by atoms with Crippen molar-refractivity contribution in [3.8, 4) is 0 Å². The van der Waals surface area contributed by atoms with E-state index >= 15 is 0 Å². The molecule has 0 saturated heterocycles. The molecule has 4 nitrogen and oxygen atoms in total. The summed E-state index contributed by atoms with van der Waals surface area (Å²) in [6.45, 7) is 1.32. The van der Waals surface area contributed by atoms with Gasteiger partial charge in [0.2, 0.25) is 5.91 Å². The summed E-state index contributed by atoms with van der Waals surface area (Å²) in [6, 6.07) is 9.30. The minimum atomic E-state index is -0.507. The zero-order valence-corrected chi connectivity index (χ0v) is 12.1. The summed E-state index contributed by atoms with van der Waals surface area (Å²) in [5.74, 6) is -1.83. The number of carbonyl (C=O) groups excluding carboxylic acids is 2. The molecule has 0 unspecified atom stereocenters. The lowest BCUT2D eigenvalue weighted by Crippen LogP contribution is -2.12. The summed E-state index contributed by atoms with van der Waals surface area (Å²) in [4.78, 5) is 24.1. The van der Waals surface area contributed by atoms with E-state index in [1.54, 1.807) is 6.07 Å². The molecule has 0 aliphatic carbocycles. The van der Waals surface area contributed by atoms with Crippen LogP contribution in [0.2, 0.25) is 0 Å². The Bertz CT molecular complexity index is 931. The third-order valence-electron chi connectivity index (χ3n) is 3.43. The van der Waals surface area contributed by atoms with E-state index < -0.39 is 17.5 Å².